The summed E-state index contributed by atoms with van der Waals surface area (Å²) in [6, 6.07) is 5.25. The highest BCUT2D eigenvalue weighted by Crippen LogP contribution is 2.22. The van der Waals surface area contributed by atoms with E-state index in [9.17, 15) is 14.4 Å². The molecule has 0 aromatic heterocycles. The number of anilines is 1. The number of nitrogens with zero attached hydrogens (tertiary/aromatic N) is 1. The summed E-state index contributed by atoms with van der Waals surface area (Å²) in [6.07, 6.45) is 1.61. The lowest BCUT2D eigenvalue weighted by Crippen LogP contribution is -2.45. The lowest BCUT2D eigenvalue weighted by Gasteiger charge is -2.30. The number of hydrogen-bond acceptors (Lipinski definition) is 5. The van der Waals surface area contributed by atoms with Crippen LogP contribution in [-0.2, 0) is 19.1 Å². The molecule has 1 aromatic carbocycles. The lowest BCUT2D eigenvalue weighted by atomic mass is 9.98. The number of carbonyl (C=O) groups is 3. The number of rotatable bonds is 7. The van der Waals surface area contributed by atoms with Crippen molar-refractivity contribution in [2.24, 2.45) is 5.92 Å². The number of halogens is 1. The van der Waals surface area contributed by atoms with Crippen LogP contribution in [0.25, 0.3) is 0 Å². The normalized spacial score (nSPS) is 17.2. The SMILES string of the molecule is CCOC(=O)[C@H]1CCCN(CC(=O)NCC(=O)Nc2cccc(Cl)c2C)C1. The summed E-state index contributed by atoms with van der Waals surface area (Å²) in [7, 11) is 0. The highest BCUT2D eigenvalue weighted by molar-refractivity contribution is 6.31. The molecule has 2 amide bonds. The number of nitrogens with one attached hydrogen (secondary N) is 2. The Bertz CT molecular complexity index is 696. The Balaban J connectivity index is 1.76. The van der Waals surface area contributed by atoms with Crippen molar-refractivity contribution in [3.63, 3.8) is 0 Å². The fourth-order valence-corrected chi connectivity index (χ4v) is 3.20. The van der Waals surface area contributed by atoms with E-state index >= 15 is 0 Å². The van der Waals surface area contributed by atoms with Gasteiger partial charge in [-0.1, -0.05) is 17.7 Å². The molecule has 1 atom stereocenters. The lowest BCUT2D eigenvalue weighted by molar-refractivity contribution is -0.150. The van der Waals surface area contributed by atoms with E-state index in [1.54, 1.807) is 25.1 Å². The topological polar surface area (TPSA) is 87.7 Å². The van der Waals surface area contributed by atoms with Crippen LogP contribution in [0, 0.1) is 12.8 Å². The van der Waals surface area contributed by atoms with E-state index in [4.69, 9.17) is 16.3 Å². The van der Waals surface area contributed by atoms with Gasteiger partial charge in [-0.3, -0.25) is 19.3 Å². The third-order valence-corrected chi connectivity index (χ3v) is 4.89. The average Bonchev–Trinajstić information content (AvgIpc) is 2.64. The molecule has 0 spiro atoms. The van der Waals surface area contributed by atoms with Crippen molar-refractivity contribution in [1.82, 2.24) is 10.2 Å². The summed E-state index contributed by atoms with van der Waals surface area (Å²) in [5, 5.41) is 5.91. The standard InChI is InChI=1S/C19H26ClN3O4/c1-3-27-19(26)14-6-5-9-23(11-14)12-18(25)21-10-17(24)22-16-8-4-7-15(20)13(16)2/h4,7-8,14H,3,5-6,9-12H2,1-2H3,(H,21,25)(H,22,24)/t14-/m0/s1. The van der Waals surface area contributed by atoms with Gasteiger partial charge in [-0.15, -0.1) is 0 Å². The second kappa shape index (κ2) is 10.3. The first kappa shape index (κ1) is 21.2. The van der Waals surface area contributed by atoms with Gasteiger partial charge >= 0.3 is 5.97 Å². The van der Waals surface area contributed by atoms with Crippen LogP contribution in [0.2, 0.25) is 5.02 Å². The van der Waals surface area contributed by atoms with Crippen LogP contribution in [0.4, 0.5) is 5.69 Å². The molecule has 0 saturated carbocycles. The van der Waals surface area contributed by atoms with Gasteiger partial charge in [0.1, 0.15) is 0 Å². The predicted octanol–water partition coefficient (Wildman–Crippen LogP) is 1.98. The first-order valence-electron chi connectivity index (χ1n) is 9.11. The van der Waals surface area contributed by atoms with Gasteiger partial charge in [0.15, 0.2) is 0 Å². The molecular weight excluding hydrogens is 370 g/mol. The summed E-state index contributed by atoms with van der Waals surface area (Å²) >= 11 is 6.03. The second-order valence-corrected chi connectivity index (χ2v) is 6.97. The van der Waals surface area contributed by atoms with Gasteiger partial charge in [-0.2, -0.15) is 0 Å². The first-order chi connectivity index (χ1) is 12.9. The van der Waals surface area contributed by atoms with Gasteiger partial charge in [0.05, 0.1) is 25.6 Å². The number of ether oxygens (including phenoxy) is 1. The number of esters is 1. The maximum atomic E-state index is 12.1. The van der Waals surface area contributed by atoms with E-state index < -0.39 is 0 Å². The molecule has 1 heterocycles. The molecule has 0 aliphatic carbocycles. The van der Waals surface area contributed by atoms with E-state index in [1.807, 2.05) is 11.8 Å². The fraction of sp³-hybridized carbons (Fsp3) is 0.526. The molecule has 0 radical (unpaired) electrons. The zero-order valence-corrected chi connectivity index (χ0v) is 16.5. The minimum atomic E-state index is -0.322. The van der Waals surface area contributed by atoms with Crippen LogP contribution in [0.5, 0.6) is 0 Å². The van der Waals surface area contributed by atoms with Gasteiger partial charge in [0.2, 0.25) is 11.8 Å². The van der Waals surface area contributed by atoms with E-state index in [-0.39, 0.29) is 36.8 Å². The van der Waals surface area contributed by atoms with Gasteiger partial charge < -0.3 is 15.4 Å². The van der Waals surface area contributed by atoms with Crippen LogP contribution >= 0.6 is 11.6 Å². The van der Waals surface area contributed by atoms with Crippen molar-refractivity contribution >= 4 is 35.1 Å². The Hall–Kier alpha value is -2.12. The molecule has 1 aliphatic rings. The molecule has 1 aromatic rings. The maximum absolute atomic E-state index is 12.1. The van der Waals surface area contributed by atoms with Crippen LogP contribution in [-0.4, -0.2) is 55.5 Å². The zero-order valence-electron chi connectivity index (χ0n) is 15.7. The summed E-state index contributed by atoms with van der Waals surface area (Å²) < 4.78 is 5.06. The molecule has 27 heavy (non-hydrogen) atoms. The van der Waals surface area contributed by atoms with Crippen molar-refractivity contribution < 1.29 is 19.1 Å². The summed E-state index contributed by atoms with van der Waals surface area (Å²) in [6.45, 7) is 5.22. The number of likely N-dealkylation sites (tertiary alicyclic amines) is 1. The Labute approximate surface area is 164 Å². The Kier molecular flexibility index (Phi) is 8.06. The van der Waals surface area contributed by atoms with Crippen LogP contribution in [0.15, 0.2) is 18.2 Å². The first-order valence-corrected chi connectivity index (χ1v) is 9.49. The largest absolute Gasteiger partial charge is 0.466 e. The number of piperidine rings is 1. The molecular formula is C19H26ClN3O4. The van der Waals surface area contributed by atoms with Crippen molar-refractivity contribution in [3.8, 4) is 0 Å². The molecule has 0 bridgehead atoms. The van der Waals surface area contributed by atoms with Gasteiger partial charge in [0.25, 0.3) is 0 Å². The summed E-state index contributed by atoms with van der Waals surface area (Å²) in [5.41, 5.74) is 1.40. The highest BCUT2D eigenvalue weighted by atomic mass is 35.5. The van der Waals surface area contributed by atoms with Crippen LogP contribution < -0.4 is 10.6 Å². The average molecular weight is 396 g/mol. The van der Waals surface area contributed by atoms with E-state index in [0.29, 0.717) is 23.9 Å². The number of carbonyl (C=O) groups excluding carboxylic acids is 3. The van der Waals surface area contributed by atoms with Gasteiger partial charge in [0, 0.05) is 17.3 Å². The van der Waals surface area contributed by atoms with Crippen molar-refractivity contribution in [1.29, 1.82) is 0 Å². The molecule has 1 aliphatic heterocycles. The highest BCUT2D eigenvalue weighted by Gasteiger charge is 2.27. The summed E-state index contributed by atoms with van der Waals surface area (Å²) in [5.74, 6) is -0.978. The van der Waals surface area contributed by atoms with Crippen molar-refractivity contribution in [2.75, 3.05) is 38.1 Å². The van der Waals surface area contributed by atoms with Crippen molar-refractivity contribution in [2.45, 2.75) is 26.7 Å². The molecule has 148 valence electrons. The Morgan fingerprint density at radius 1 is 1.30 bits per heavy atom. The fourth-order valence-electron chi connectivity index (χ4n) is 3.03. The number of amides is 2. The Morgan fingerprint density at radius 2 is 2.07 bits per heavy atom. The molecule has 2 rings (SSSR count). The van der Waals surface area contributed by atoms with Crippen molar-refractivity contribution in [3.05, 3.63) is 28.8 Å². The van der Waals surface area contributed by atoms with Gasteiger partial charge in [-0.25, -0.2) is 0 Å². The molecule has 1 saturated heterocycles. The number of hydrogen-bond donors (Lipinski definition) is 2. The maximum Gasteiger partial charge on any atom is 0.310 e. The number of benzene rings is 1. The van der Waals surface area contributed by atoms with E-state index in [1.165, 1.54) is 0 Å². The molecule has 0 unspecified atom stereocenters. The van der Waals surface area contributed by atoms with Crippen LogP contribution in [0.3, 0.4) is 0 Å². The van der Waals surface area contributed by atoms with E-state index in [2.05, 4.69) is 10.6 Å². The third-order valence-electron chi connectivity index (χ3n) is 4.48. The Morgan fingerprint density at radius 3 is 2.81 bits per heavy atom. The third kappa shape index (κ3) is 6.52. The van der Waals surface area contributed by atoms with Gasteiger partial charge in [-0.05, 0) is 50.9 Å². The van der Waals surface area contributed by atoms with Crippen LogP contribution in [0.1, 0.15) is 25.3 Å². The molecule has 2 N–H and O–H groups in total. The molecule has 8 heteroatoms. The minimum Gasteiger partial charge on any atom is -0.466 e. The molecule has 7 nitrogen and oxygen atoms in total. The minimum absolute atomic E-state index is 0.125. The zero-order chi connectivity index (χ0) is 19.8. The monoisotopic (exact) mass is 395 g/mol. The molecule has 1 fully saturated rings. The summed E-state index contributed by atoms with van der Waals surface area (Å²) in [4.78, 5) is 37.9. The quantitative estimate of drug-likeness (QED) is 0.689. The van der Waals surface area contributed by atoms with E-state index in [0.717, 1.165) is 24.9 Å². The second-order valence-electron chi connectivity index (χ2n) is 6.56. The predicted molar refractivity (Wildman–Crippen MR) is 104 cm³/mol. The smallest absolute Gasteiger partial charge is 0.310 e.